The van der Waals surface area contributed by atoms with Crippen molar-refractivity contribution >= 4 is 41.2 Å². The second kappa shape index (κ2) is 11.2. The van der Waals surface area contributed by atoms with Crippen molar-refractivity contribution in [1.29, 1.82) is 0 Å². The molecule has 166 valence electrons. The lowest BCUT2D eigenvalue weighted by Gasteiger charge is -2.30. The molecule has 1 aromatic rings. The van der Waals surface area contributed by atoms with E-state index in [2.05, 4.69) is 11.9 Å². The van der Waals surface area contributed by atoms with Crippen LogP contribution in [0.3, 0.4) is 0 Å². The summed E-state index contributed by atoms with van der Waals surface area (Å²) in [6.45, 7) is 9.44. The average Bonchev–Trinajstić information content (AvgIpc) is 2.60. The number of nitrogens with one attached hydrogen (secondary N) is 1. The van der Waals surface area contributed by atoms with E-state index in [1.165, 1.54) is 31.2 Å². The molecule has 0 aromatic heterocycles. The standard InChI is InChI=1S/C20H25Cl2NO7/c1-6-10-28-19(27)23-15(11(2)24)16(18(26)30-20(3,4)5)29-17(25)14-12(21)8-7-9-13(14)22/h6-9,11,15-16,24H,1,10H2,2-5H3,(H,23,27)/t11?,15?,16-/m0/s1. The van der Waals surface area contributed by atoms with Crippen LogP contribution in [0, 0.1) is 0 Å². The van der Waals surface area contributed by atoms with E-state index in [1.807, 2.05) is 0 Å². The summed E-state index contributed by atoms with van der Waals surface area (Å²) in [5.41, 5.74) is -1.11. The molecule has 1 amide bonds. The van der Waals surface area contributed by atoms with Gasteiger partial charge in [-0.2, -0.15) is 0 Å². The minimum Gasteiger partial charge on any atom is -0.457 e. The van der Waals surface area contributed by atoms with Crippen LogP contribution in [0.15, 0.2) is 30.9 Å². The molecular formula is C20H25Cl2NO7. The Bertz CT molecular complexity index is 770. The molecule has 0 radical (unpaired) electrons. The first-order valence-electron chi connectivity index (χ1n) is 8.97. The molecule has 0 aliphatic rings. The van der Waals surface area contributed by atoms with Crippen LogP contribution in [0.25, 0.3) is 0 Å². The Labute approximate surface area is 185 Å². The number of ether oxygens (including phenoxy) is 3. The zero-order valence-electron chi connectivity index (χ0n) is 17.1. The van der Waals surface area contributed by atoms with E-state index in [0.29, 0.717) is 0 Å². The third-order valence-electron chi connectivity index (χ3n) is 3.50. The number of rotatable bonds is 8. The summed E-state index contributed by atoms with van der Waals surface area (Å²) in [7, 11) is 0. The number of aliphatic hydroxyl groups is 1. The van der Waals surface area contributed by atoms with Crippen molar-refractivity contribution in [3.05, 3.63) is 46.5 Å². The van der Waals surface area contributed by atoms with E-state index in [-0.39, 0.29) is 22.2 Å². The molecule has 0 saturated heterocycles. The monoisotopic (exact) mass is 461 g/mol. The van der Waals surface area contributed by atoms with Gasteiger partial charge in [0.15, 0.2) is 0 Å². The molecule has 0 aliphatic carbocycles. The Balaban J connectivity index is 3.25. The highest BCUT2D eigenvalue weighted by Gasteiger charge is 2.40. The molecule has 3 atom stereocenters. The fraction of sp³-hybridized carbons (Fsp3) is 0.450. The van der Waals surface area contributed by atoms with Gasteiger partial charge in [-0.25, -0.2) is 14.4 Å². The van der Waals surface area contributed by atoms with Crippen LogP contribution in [0.2, 0.25) is 10.0 Å². The van der Waals surface area contributed by atoms with Crippen LogP contribution in [0.5, 0.6) is 0 Å². The van der Waals surface area contributed by atoms with Gasteiger partial charge in [0.2, 0.25) is 6.10 Å². The highest BCUT2D eigenvalue weighted by atomic mass is 35.5. The van der Waals surface area contributed by atoms with Gasteiger partial charge in [-0.05, 0) is 39.8 Å². The first-order chi connectivity index (χ1) is 13.9. The van der Waals surface area contributed by atoms with Crippen molar-refractivity contribution in [2.24, 2.45) is 0 Å². The SMILES string of the molecule is C=CCOC(=O)NC(C(C)O)[C@H](OC(=O)c1c(Cl)cccc1Cl)C(=O)OC(C)(C)C. The summed E-state index contributed by atoms with van der Waals surface area (Å²) in [6, 6.07) is 2.98. The predicted molar refractivity (Wildman–Crippen MR) is 112 cm³/mol. The van der Waals surface area contributed by atoms with Crippen LogP contribution in [0.1, 0.15) is 38.1 Å². The lowest BCUT2D eigenvalue weighted by molar-refractivity contribution is -0.168. The summed E-state index contributed by atoms with van der Waals surface area (Å²) in [5.74, 6) is -2.03. The Morgan fingerprint density at radius 2 is 1.80 bits per heavy atom. The molecule has 8 nitrogen and oxygen atoms in total. The van der Waals surface area contributed by atoms with Gasteiger partial charge in [-0.3, -0.25) is 0 Å². The number of carbonyl (C=O) groups excluding carboxylic acids is 3. The minimum atomic E-state index is -1.72. The maximum Gasteiger partial charge on any atom is 0.407 e. The Morgan fingerprint density at radius 3 is 2.27 bits per heavy atom. The number of carbonyl (C=O) groups is 3. The van der Waals surface area contributed by atoms with E-state index in [1.54, 1.807) is 20.8 Å². The maximum atomic E-state index is 12.8. The summed E-state index contributed by atoms with van der Waals surface area (Å²) >= 11 is 12.1. The summed E-state index contributed by atoms with van der Waals surface area (Å²) in [4.78, 5) is 37.4. The molecule has 2 unspecified atom stereocenters. The number of amides is 1. The van der Waals surface area contributed by atoms with Gasteiger partial charge < -0.3 is 24.6 Å². The number of aliphatic hydroxyl groups excluding tert-OH is 1. The number of hydrogen-bond donors (Lipinski definition) is 2. The third-order valence-corrected chi connectivity index (χ3v) is 4.13. The molecule has 0 aliphatic heterocycles. The van der Waals surface area contributed by atoms with Crippen molar-refractivity contribution in [2.45, 2.75) is 51.5 Å². The third kappa shape index (κ3) is 7.85. The smallest absolute Gasteiger partial charge is 0.407 e. The van der Waals surface area contributed by atoms with Gasteiger partial charge in [0.1, 0.15) is 18.2 Å². The number of esters is 2. The maximum absolute atomic E-state index is 12.8. The molecule has 1 aromatic carbocycles. The highest BCUT2D eigenvalue weighted by Crippen LogP contribution is 2.26. The van der Waals surface area contributed by atoms with Crippen LogP contribution in [-0.2, 0) is 19.0 Å². The topological polar surface area (TPSA) is 111 Å². The first kappa shape index (κ1) is 25.7. The van der Waals surface area contributed by atoms with Gasteiger partial charge in [0.05, 0.1) is 21.7 Å². The van der Waals surface area contributed by atoms with Crippen molar-refractivity contribution in [3.63, 3.8) is 0 Å². The van der Waals surface area contributed by atoms with E-state index in [4.69, 9.17) is 37.4 Å². The number of alkyl carbamates (subject to hydrolysis) is 1. The fourth-order valence-electron chi connectivity index (χ4n) is 2.26. The van der Waals surface area contributed by atoms with Crippen LogP contribution in [0.4, 0.5) is 4.79 Å². The van der Waals surface area contributed by atoms with Crippen LogP contribution < -0.4 is 5.32 Å². The van der Waals surface area contributed by atoms with E-state index < -0.39 is 41.9 Å². The van der Waals surface area contributed by atoms with Gasteiger partial charge in [-0.1, -0.05) is 41.9 Å². The second-order valence-corrected chi connectivity index (χ2v) is 8.07. The second-order valence-electron chi connectivity index (χ2n) is 7.25. The average molecular weight is 462 g/mol. The highest BCUT2D eigenvalue weighted by molar-refractivity contribution is 6.39. The summed E-state index contributed by atoms with van der Waals surface area (Å²) in [6.07, 6.45) is -2.67. The molecule has 0 fully saturated rings. The van der Waals surface area contributed by atoms with Crippen LogP contribution in [-0.4, -0.2) is 53.6 Å². The van der Waals surface area contributed by atoms with Crippen molar-refractivity contribution in [2.75, 3.05) is 6.61 Å². The quantitative estimate of drug-likeness (QED) is 0.346. The Kier molecular flexibility index (Phi) is 9.61. The molecule has 0 spiro atoms. The largest absolute Gasteiger partial charge is 0.457 e. The molecule has 10 heteroatoms. The molecule has 30 heavy (non-hydrogen) atoms. The van der Waals surface area contributed by atoms with Crippen molar-refractivity contribution in [3.8, 4) is 0 Å². The molecule has 0 bridgehead atoms. The van der Waals surface area contributed by atoms with Gasteiger partial charge in [0.25, 0.3) is 0 Å². The molecule has 2 N–H and O–H groups in total. The van der Waals surface area contributed by atoms with Gasteiger partial charge in [-0.15, -0.1) is 0 Å². The van der Waals surface area contributed by atoms with Crippen molar-refractivity contribution < 1.29 is 33.7 Å². The zero-order chi connectivity index (χ0) is 23.1. The van der Waals surface area contributed by atoms with Gasteiger partial charge in [0, 0.05) is 0 Å². The number of hydrogen-bond acceptors (Lipinski definition) is 7. The lowest BCUT2D eigenvalue weighted by atomic mass is 10.1. The molecule has 1 rings (SSSR count). The molecule has 0 heterocycles. The normalized spacial score (nSPS) is 14.1. The van der Waals surface area contributed by atoms with Gasteiger partial charge >= 0.3 is 18.0 Å². The summed E-state index contributed by atoms with van der Waals surface area (Å²) < 4.78 is 15.4. The Hall–Kier alpha value is -2.29. The zero-order valence-corrected chi connectivity index (χ0v) is 18.6. The lowest BCUT2D eigenvalue weighted by Crippen LogP contribution is -2.55. The fourth-order valence-corrected chi connectivity index (χ4v) is 2.81. The van der Waals surface area contributed by atoms with E-state index in [0.717, 1.165) is 0 Å². The predicted octanol–water partition coefficient (Wildman–Crippen LogP) is 3.52. The van der Waals surface area contributed by atoms with Crippen LogP contribution >= 0.6 is 23.2 Å². The number of halogens is 2. The molecule has 0 saturated carbocycles. The van der Waals surface area contributed by atoms with Crippen molar-refractivity contribution in [1.82, 2.24) is 5.32 Å². The summed E-state index contributed by atoms with van der Waals surface area (Å²) in [5, 5.41) is 12.5. The van der Waals surface area contributed by atoms with E-state index in [9.17, 15) is 19.5 Å². The number of benzene rings is 1. The minimum absolute atomic E-state index is 0.00221. The molecular weight excluding hydrogens is 437 g/mol. The first-order valence-corrected chi connectivity index (χ1v) is 9.73. The Morgan fingerprint density at radius 1 is 1.23 bits per heavy atom. The van der Waals surface area contributed by atoms with E-state index >= 15 is 0 Å².